The first kappa shape index (κ1) is 21.4. The molecule has 0 radical (unpaired) electrons. The van der Waals surface area contributed by atoms with Crippen molar-refractivity contribution >= 4 is 5.97 Å². The van der Waals surface area contributed by atoms with Gasteiger partial charge in [0.15, 0.2) is 0 Å². The third-order valence-corrected chi connectivity index (χ3v) is 3.86. The van der Waals surface area contributed by atoms with Crippen molar-refractivity contribution in [3.63, 3.8) is 0 Å². The lowest BCUT2D eigenvalue weighted by Gasteiger charge is -2.33. The Labute approximate surface area is 137 Å². The molecule has 5 heteroatoms. The third kappa shape index (κ3) is 10.1. The van der Waals surface area contributed by atoms with Crippen molar-refractivity contribution in [3.05, 3.63) is 0 Å². The quantitative estimate of drug-likeness (QED) is 0.519. The van der Waals surface area contributed by atoms with Crippen LogP contribution in [0.25, 0.3) is 0 Å². The zero-order valence-electron chi connectivity index (χ0n) is 15.4. The fraction of sp³-hybridized carbons (Fsp3) is 0.941. The summed E-state index contributed by atoms with van der Waals surface area (Å²) in [6.07, 6.45) is 2.37. The Morgan fingerprint density at radius 2 is 1.91 bits per heavy atom. The van der Waals surface area contributed by atoms with Crippen molar-refractivity contribution in [1.29, 1.82) is 0 Å². The number of hydrogen-bond donors (Lipinski definition) is 1. The second-order valence-corrected chi connectivity index (χ2v) is 5.64. The minimum Gasteiger partial charge on any atom is -0.465 e. The number of likely N-dealkylation sites (N-methyl/N-ethyl adjacent to an activating group) is 2. The van der Waals surface area contributed by atoms with Gasteiger partial charge in [-0.25, -0.2) is 0 Å². The lowest BCUT2D eigenvalue weighted by atomic mass is 9.96. The highest BCUT2D eigenvalue weighted by Crippen LogP contribution is 2.17. The van der Waals surface area contributed by atoms with Gasteiger partial charge in [0, 0.05) is 19.6 Å². The van der Waals surface area contributed by atoms with Crippen molar-refractivity contribution in [2.45, 2.75) is 40.5 Å². The van der Waals surface area contributed by atoms with Crippen LogP contribution in [-0.2, 0) is 9.53 Å². The molecule has 0 atom stereocenters. The van der Waals surface area contributed by atoms with Crippen LogP contribution in [0.4, 0.5) is 0 Å². The van der Waals surface area contributed by atoms with Crippen LogP contribution in [0.15, 0.2) is 0 Å². The number of likely N-dealkylation sites (tertiary alicyclic amines) is 1. The lowest BCUT2D eigenvalue weighted by Crippen LogP contribution is -2.41. The first-order valence-electron chi connectivity index (χ1n) is 8.92. The molecule has 1 rings (SSSR count). The minimum absolute atomic E-state index is 0.0892. The number of esters is 1. The molecule has 5 nitrogen and oxygen atoms in total. The average molecular weight is 316 g/mol. The molecule has 1 saturated heterocycles. The van der Waals surface area contributed by atoms with E-state index in [0.717, 1.165) is 38.6 Å². The molecule has 0 saturated carbocycles. The number of ether oxygens (including phenoxy) is 1. The highest BCUT2D eigenvalue weighted by atomic mass is 16.5. The molecule has 1 fully saturated rings. The summed E-state index contributed by atoms with van der Waals surface area (Å²) in [5.74, 6) is 0.675. The summed E-state index contributed by atoms with van der Waals surface area (Å²) < 4.78 is 5.00. The van der Waals surface area contributed by atoms with Gasteiger partial charge in [0.25, 0.3) is 0 Å². The Hall–Kier alpha value is -0.650. The number of carbonyl (C=O) groups is 1. The SMILES string of the molecule is CC.CCNCCN(C)CC1CCN(CC(=O)OCC)CC1. The summed E-state index contributed by atoms with van der Waals surface area (Å²) in [5, 5.41) is 3.36. The Morgan fingerprint density at radius 1 is 1.27 bits per heavy atom. The number of piperidine rings is 1. The van der Waals surface area contributed by atoms with Gasteiger partial charge < -0.3 is 15.0 Å². The Bertz CT molecular complexity index is 267. The maximum Gasteiger partial charge on any atom is 0.320 e. The fourth-order valence-electron chi connectivity index (χ4n) is 2.70. The molecule has 0 amide bonds. The second-order valence-electron chi connectivity index (χ2n) is 5.64. The van der Waals surface area contributed by atoms with Gasteiger partial charge in [-0.05, 0) is 52.4 Å². The highest BCUT2D eigenvalue weighted by molar-refractivity contribution is 5.71. The largest absolute Gasteiger partial charge is 0.465 e. The van der Waals surface area contributed by atoms with Gasteiger partial charge in [0.2, 0.25) is 0 Å². The first-order valence-corrected chi connectivity index (χ1v) is 8.92. The molecule has 0 aliphatic carbocycles. The van der Waals surface area contributed by atoms with E-state index < -0.39 is 0 Å². The van der Waals surface area contributed by atoms with E-state index in [9.17, 15) is 4.79 Å². The molecule has 1 aliphatic rings. The van der Waals surface area contributed by atoms with E-state index in [-0.39, 0.29) is 5.97 Å². The summed E-state index contributed by atoms with van der Waals surface area (Å²) in [6, 6.07) is 0. The van der Waals surface area contributed by atoms with Gasteiger partial charge >= 0.3 is 5.97 Å². The van der Waals surface area contributed by atoms with Crippen molar-refractivity contribution in [3.8, 4) is 0 Å². The van der Waals surface area contributed by atoms with Gasteiger partial charge in [-0.2, -0.15) is 0 Å². The molecule has 0 unspecified atom stereocenters. The normalized spacial score (nSPS) is 16.3. The summed E-state index contributed by atoms with van der Waals surface area (Å²) in [6.45, 7) is 15.3. The predicted molar refractivity (Wildman–Crippen MR) is 93.2 cm³/mol. The minimum atomic E-state index is -0.0892. The van der Waals surface area contributed by atoms with Crippen LogP contribution >= 0.6 is 0 Å². The number of nitrogens with zero attached hydrogens (tertiary/aromatic N) is 2. The highest BCUT2D eigenvalue weighted by Gasteiger charge is 2.21. The zero-order valence-corrected chi connectivity index (χ0v) is 15.4. The van der Waals surface area contributed by atoms with Crippen LogP contribution in [-0.4, -0.2) is 75.2 Å². The lowest BCUT2D eigenvalue weighted by molar-refractivity contribution is -0.144. The molecule has 0 aromatic rings. The molecular weight excluding hydrogens is 278 g/mol. The average Bonchev–Trinajstić information content (AvgIpc) is 2.52. The number of carbonyl (C=O) groups excluding carboxylic acids is 1. The molecule has 1 aliphatic heterocycles. The van der Waals surface area contributed by atoms with E-state index in [4.69, 9.17) is 4.74 Å². The molecule has 22 heavy (non-hydrogen) atoms. The summed E-state index contributed by atoms with van der Waals surface area (Å²) in [5.41, 5.74) is 0. The number of nitrogens with one attached hydrogen (secondary N) is 1. The van der Waals surface area contributed by atoms with Crippen molar-refractivity contribution in [1.82, 2.24) is 15.1 Å². The summed E-state index contributed by atoms with van der Waals surface area (Å²) >= 11 is 0. The van der Waals surface area contributed by atoms with E-state index in [0.29, 0.717) is 13.2 Å². The van der Waals surface area contributed by atoms with E-state index >= 15 is 0 Å². The Morgan fingerprint density at radius 3 is 2.45 bits per heavy atom. The van der Waals surface area contributed by atoms with E-state index in [2.05, 4.69) is 29.1 Å². The van der Waals surface area contributed by atoms with Gasteiger partial charge in [0.1, 0.15) is 0 Å². The van der Waals surface area contributed by atoms with E-state index in [1.165, 1.54) is 19.4 Å². The smallest absolute Gasteiger partial charge is 0.320 e. The fourth-order valence-corrected chi connectivity index (χ4v) is 2.70. The van der Waals surface area contributed by atoms with E-state index in [1.807, 2.05) is 20.8 Å². The van der Waals surface area contributed by atoms with Crippen LogP contribution in [0.5, 0.6) is 0 Å². The summed E-state index contributed by atoms with van der Waals surface area (Å²) in [4.78, 5) is 16.1. The second kappa shape index (κ2) is 14.0. The Balaban J connectivity index is 0.00000211. The summed E-state index contributed by atoms with van der Waals surface area (Å²) in [7, 11) is 2.20. The maximum atomic E-state index is 11.4. The van der Waals surface area contributed by atoms with Gasteiger partial charge in [-0.3, -0.25) is 9.69 Å². The molecule has 1 heterocycles. The first-order chi connectivity index (χ1) is 10.7. The number of hydrogen-bond acceptors (Lipinski definition) is 5. The molecule has 0 spiro atoms. The van der Waals surface area contributed by atoms with Crippen molar-refractivity contribution in [2.24, 2.45) is 5.92 Å². The van der Waals surface area contributed by atoms with Crippen LogP contribution in [0.3, 0.4) is 0 Å². The van der Waals surface area contributed by atoms with Gasteiger partial charge in [-0.15, -0.1) is 0 Å². The molecule has 0 bridgehead atoms. The van der Waals surface area contributed by atoms with Gasteiger partial charge in [-0.1, -0.05) is 20.8 Å². The zero-order chi connectivity index (χ0) is 16.8. The van der Waals surface area contributed by atoms with Crippen LogP contribution in [0.1, 0.15) is 40.5 Å². The molecule has 1 N–H and O–H groups in total. The van der Waals surface area contributed by atoms with E-state index in [1.54, 1.807) is 0 Å². The van der Waals surface area contributed by atoms with Crippen molar-refractivity contribution < 1.29 is 9.53 Å². The standard InChI is InChI=1S/C15H31N3O2.C2H6/c1-4-16-8-11-17(3)12-14-6-9-18(10-7-14)13-15(19)20-5-2;1-2/h14,16H,4-13H2,1-3H3;1-2H3. The molecular formula is C17H37N3O2. The van der Waals surface area contributed by atoms with Crippen LogP contribution < -0.4 is 5.32 Å². The molecule has 132 valence electrons. The molecule has 0 aromatic heterocycles. The topological polar surface area (TPSA) is 44.8 Å². The van der Waals surface area contributed by atoms with Crippen molar-refractivity contribution in [2.75, 3.05) is 59.5 Å². The maximum absolute atomic E-state index is 11.4. The van der Waals surface area contributed by atoms with Gasteiger partial charge in [0.05, 0.1) is 13.2 Å². The van der Waals surface area contributed by atoms with Crippen LogP contribution in [0.2, 0.25) is 0 Å². The molecule has 0 aromatic carbocycles. The third-order valence-electron chi connectivity index (χ3n) is 3.86. The Kier molecular flexibility index (Phi) is 13.6. The predicted octanol–water partition coefficient (Wildman–Crippen LogP) is 1.83. The monoisotopic (exact) mass is 315 g/mol. The van der Waals surface area contributed by atoms with Crippen LogP contribution in [0, 0.1) is 5.92 Å². The number of rotatable bonds is 9.